The molecule has 2 aliphatic heterocycles. The van der Waals surface area contributed by atoms with E-state index in [0.29, 0.717) is 11.3 Å². The Morgan fingerprint density at radius 3 is 2.55 bits per heavy atom. The molecular weight excluding hydrogens is 540 g/mol. The van der Waals surface area contributed by atoms with Gasteiger partial charge in [0.05, 0.1) is 19.4 Å². The van der Waals surface area contributed by atoms with Gasteiger partial charge in [-0.25, -0.2) is 9.89 Å². The van der Waals surface area contributed by atoms with Gasteiger partial charge < -0.3 is 26.6 Å². The zero-order valence-corrected chi connectivity index (χ0v) is 21.1. The fourth-order valence-corrected chi connectivity index (χ4v) is 6.49. The Morgan fingerprint density at radius 1 is 1.21 bits per heavy atom. The van der Waals surface area contributed by atoms with Gasteiger partial charge in [-0.1, -0.05) is 23.9 Å². The minimum Gasteiger partial charge on any atom is -0.481 e. The van der Waals surface area contributed by atoms with Gasteiger partial charge in [-0.05, 0) is 33.7 Å². The van der Waals surface area contributed by atoms with Crippen molar-refractivity contribution in [3.05, 3.63) is 41.1 Å². The van der Waals surface area contributed by atoms with Gasteiger partial charge in [0.1, 0.15) is 17.1 Å². The van der Waals surface area contributed by atoms with E-state index < -0.39 is 46.8 Å². The minimum absolute atomic E-state index is 0.0400. The molecule has 17 heteroatoms. The highest BCUT2D eigenvalue weighted by Gasteiger charge is 2.54. The highest BCUT2D eigenvalue weighted by molar-refractivity contribution is 8.01. The van der Waals surface area contributed by atoms with E-state index in [1.54, 1.807) is 24.3 Å². The number of hydrogen-bond acceptors (Lipinski definition) is 11. The van der Waals surface area contributed by atoms with Gasteiger partial charge in [0.2, 0.25) is 17.0 Å². The summed E-state index contributed by atoms with van der Waals surface area (Å²) in [7, 11) is 0. The molecule has 3 amide bonds. The van der Waals surface area contributed by atoms with Crippen molar-refractivity contribution in [1.29, 1.82) is 0 Å². The molecule has 2 unspecified atom stereocenters. The molecule has 0 spiro atoms. The largest absolute Gasteiger partial charge is 0.481 e. The SMILES string of the molecule is NCC(=O)Nc1ccc(CC(=O)NC2C(=O)N3C(C(=O)O)=C(C(CC(=O)O)Sc4nnn[nH]4)CS[C@@H]23)cc1. The molecule has 0 radical (unpaired) electrons. The number of aromatic nitrogens is 4. The molecule has 15 nitrogen and oxygen atoms in total. The number of carboxylic acids is 2. The first-order valence-electron chi connectivity index (χ1n) is 11.1. The van der Waals surface area contributed by atoms with Crippen LogP contribution in [0.5, 0.6) is 0 Å². The number of nitrogens with two attached hydrogens (primary N) is 1. The van der Waals surface area contributed by atoms with Crippen LogP contribution in [0.4, 0.5) is 5.69 Å². The second-order valence-electron chi connectivity index (χ2n) is 8.17. The maximum absolute atomic E-state index is 13.0. The summed E-state index contributed by atoms with van der Waals surface area (Å²) in [6, 6.07) is 5.61. The van der Waals surface area contributed by atoms with E-state index in [2.05, 4.69) is 31.3 Å². The molecule has 3 atom stereocenters. The molecule has 0 bridgehead atoms. The van der Waals surface area contributed by atoms with Gasteiger partial charge in [-0.2, -0.15) is 0 Å². The normalized spacial score (nSPS) is 19.3. The Labute approximate surface area is 223 Å². The zero-order valence-electron chi connectivity index (χ0n) is 19.5. The summed E-state index contributed by atoms with van der Waals surface area (Å²) < 4.78 is 0. The van der Waals surface area contributed by atoms with Crippen LogP contribution < -0.4 is 16.4 Å². The third-order valence-electron chi connectivity index (χ3n) is 5.63. The third-order valence-corrected chi connectivity index (χ3v) is 8.07. The molecule has 7 N–H and O–H groups in total. The van der Waals surface area contributed by atoms with Gasteiger partial charge in [-0.15, -0.1) is 16.9 Å². The van der Waals surface area contributed by atoms with Crippen molar-refractivity contribution in [2.45, 2.75) is 34.7 Å². The number of aliphatic carboxylic acids is 2. The highest BCUT2D eigenvalue weighted by atomic mass is 32.2. The number of hydrogen-bond donors (Lipinski definition) is 6. The number of nitrogens with one attached hydrogen (secondary N) is 3. The molecule has 1 aromatic carbocycles. The highest BCUT2D eigenvalue weighted by Crippen LogP contribution is 2.44. The van der Waals surface area contributed by atoms with E-state index in [0.717, 1.165) is 16.7 Å². The molecule has 2 aromatic rings. The second kappa shape index (κ2) is 11.6. The Balaban J connectivity index is 1.45. The Hall–Kier alpha value is -3.96. The molecular formula is C21H22N8O7S2. The number of anilines is 1. The number of carboxylic acid groups (broad SMARTS) is 2. The number of benzene rings is 1. The van der Waals surface area contributed by atoms with Gasteiger partial charge in [0.15, 0.2) is 0 Å². The number of thioether (sulfide) groups is 2. The van der Waals surface area contributed by atoms with Gasteiger partial charge >= 0.3 is 11.9 Å². The van der Waals surface area contributed by atoms with Crippen molar-refractivity contribution >= 4 is 58.9 Å². The average Bonchev–Trinajstić information content (AvgIpc) is 3.39. The summed E-state index contributed by atoms with van der Waals surface area (Å²) in [6.45, 7) is -0.159. The summed E-state index contributed by atoms with van der Waals surface area (Å²) in [4.78, 5) is 61.7. The summed E-state index contributed by atoms with van der Waals surface area (Å²) in [6.07, 6.45) is -0.457. The van der Waals surface area contributed by atoms with Crippen LogP contribution in [0, 0.1) is 0 Å². The first kappa shape index (κ1) is 27.1. The van der Waals surface area contributed by atoms with Crippen LogP contribution in [0.15, 0.2) is 40.7 Å². The van der Waals surface area contributed by atoms with Gasteiger partial charge in [0.25, 0.3) is 5.91 Å². The van der Waals surface area contributed by atoms with Crippen LogP contribution >= 0.6 is 23.5 Å². The van der Waals surface area contributed by atoms with Crippen LogP contribution in [0.25, 0.3) is 0 Å². The van der Waals surface area contributed by atoms with E-state index in [1.165, 1.54) is 11.8 Å². The molecule has 38 heavy (non-hydrogen) atoms. The lowest BCUT2D eigenvalue weighted by atomic mass is 10.00. The fourth-order valence-electron chi connectivity index (χ4n) is 3.95. The number of carbonyl (C=O) groups is 5. The molecule has 1 aromatic heterocycles. The van der Waals surface area contributed by atoms with Gasteiger partial charge in [0, 0.05) is 16.7 Å². The first-order valence-corrected chi connectivity index (χ1v) is 13.0. The Bertz CT molecular complexity index is 1280. The topological polar surface area (TPSA) is 234 Å². The molecule has 1 saturated heterocycles. The molecule has 0 aliphatic carbocycles. The van der Waals surface area contributed by atoms with Crippen molar-refractivity contribution in [1.82, 2.24) is 30.8 Å². The van der Waals surface area contributed by atoms with E-state index >= 15 is 0 Å². The second-order valence-corrected chi connectivity index (χ2v) is 10.5. The lowest BCUT2D eigenvalue weighted by Gasteiger charge is -2.50. The molecule has 4 rings (SSSR count). The van der Waals surface area contributed by atoms with Crippen molar-refractivity contribution in [3.63, 3.8) is 0 Å². The third kappa shape index (κ3) is 5.95. The lowest BCUT2D eigenvalue weighted by molar-refractivity contribution is -0.150. The van der Waals surface area contributed by atoms with Crippen molar-refractivity contribution in [2.75, 3.05) is 17.6 Å². The summed E-state index contributed by atoms with van der Waals surface area (Å²) in [5.74, 6) is -3.80. The Kier molecular flexibility index (Phi) is 8.28. The van der Waals surface area contributed by atoms with Crippen LogP contribution in [-0.2, 0) is 30.4 Å². The number of H-pyrrole nitrogens is 1. The van der Waals surface area contributed by atoms with Crippen LogP contribution in [0.2, 0.25) is 0 Å². The number of β-lactam (4-membered cyclic amide) rings is 1. The number of fused-ring (bicyclic) bond motifs is 1. The van der Waals surface area contributed by atoms with E-state index in [9.17, 15) is 34.2 Å². The summed E-state index contributed by atoms with van der Waals surface area (Å²) in [5, 5.41) is 36.3. The number of carbonyl (C=O) groups excluding carboxylic acids is 3. The fraction of sp³-hybridized carbons (Fsp3) is 0.333. The quantitative estimate of drug-likeness (QED) is 0.143. The first-order chi connectivity index (χ1) is 18.2. The number of rotatable bonds is 11. The molecule has 200 valence electrons. The Morgan fingerprint density at radius 2 is 1.95 bits per heavy atom. The van der Waals surface area contributed by atoms with E-state index in [1.807, 2.05) is 0 Å². The summed E-state index contributed by atoms with van der Waals surface area (Å²) >= 11 is 2.18. The number of nitrogens with zero attached hydrogens (tertiary/aromatic N) is 4. The zero-order chi connectivity index (χ0) is 27.4. The van der Waals surface area contributed by atoms with Gasteiger partial charge in [-0.3, -0.25) is 24.1 Å². The van der Waals surface area contributed by atoms with E-state index in [-0.39, 0.29) is 41.1 Å². The van der Waals surface area contributed by atoms with Crippen molar-refractivity contribution < 1.29 is 34.2 Å². The van der Waals surface area contributed by atoms with Crippen LogP contribution in [0.1, 0.15) is 12.0 Å². The van der Waals surface area contributed by atoms with Crippen LogP contribution in [0.3, 0.4) is 0 Å². The predicted octanol–water partition coefficient (Wildman–Crippen LogP) is -0.986. The van der Waals surface area contributed by atoms with E-state index in [4.69, 9.17) is 5.73 Å². The number of amides is 3. The standard InChI is InChI=1S/C21H22N8O7S2/c22-7-14(31)23-10-3-1-9(2-4-10)5-13(30)24-16-18(34)29-17(20(35)36)11(8-37-19(16)29)12(6-15(32)33)38-21-25-27-28-26-21/h1-4,12,16,19H,5-8,22H2,(H,23,31)(H,24,30)(H,32,33)(H,35,36)(H,25,26,27,28)/t12?,16?,19-/m0/s1. The van der Waals surface area contributed by atoms with Crippen molar-refractivity contribution in [2.24, 2.45) is 5.73 Å². The molecule has 1 fully saturated rings. The predicted molar refractivity (Wildman–Crippen MR) is 134 cm³/mol. The smallest absolute Gasteiger partial charge is 0.352 e. The monoisotopic (exact) mass is 562 g/mol. The minimum atomic E-state index is -1.38. The molecule has 0 saturated carbocycles. The average molecular weight is 563 g/mol. The lowest BCUT2D eigenvalue weighted by Crippen LogP contribution is -2.70. The number of aromatic amines is 1. The van der Waals surface area contributed by atoms with Crippen molar-refractivity contribution in [3.8, 4) is 0 Å². The van der Waals surface area contributed by atoms with Crippen LogP contribution in [-0.4, -0.2) is 94.4 Å². The molecule has 3 heterocycles. The number of tetrazole rings is 1. The molecule has 2 aliphatic rings. The maximum Gasteiger partial charge on any atom is 0.352 e. The maximum atomic E-state index is 13.0. The summed E-state index contributed by atoms with van der Waals surface area (Å²) in [5.41, 5.74) is 6.38.